The maximum absolute atomic E-state index is 11.1. The van der Waals surface area contributed by atoms with Crippen molar-refractivity contribution in [2.45, 2.75) is 18.6 Å². The Morgan fingerprint density at radius 2 is 1.77 bits per heavy atom. The molecule has 0 saturated heterocycles. The molecule has 0 aliphatic rings. The summed E-state index contributed by atoms with van der Waals surface area (Å²) >= 11 is 0. The number of rotatable bonds is 4. The second-order valence-electron chi connectivity index (χ2n) is 4.17. The monoisotopic (exact) mass is 208 g/mol. The van der Waals surface area contributed by atoms with Crippen LogP contribution in [0.25, 0.3) is 0 Å². The molecule has 0 aromatic heterocycles. The molecule has 0 aromatic rings. The van der Waals surface area contributed by atoms with E-state index in [1.54, 1.807) is 0 Å². The van der Waals surface area contributed by atoms with Gasteiger partial charge >= 0.3 is 7.60 Å². The normalized spacial score (nSPS) is 18.0. The quantitative estimate of drug-likeness (QED) is 0.408. The summed E-state index contributed by atoms with van der Waals surface area (Å²) in [6.45, 7) is 5.27. The minimum absolute atomic E-state index is 0.154. The Morgan fingerprint density at radius 3 is 1.85 bits per heavy atom. The average Bonchev–Trinajstić information content (AvgIpc) is 1.83. The number of hydrogen-bond acceptors (Lipinski definition) is 1. The van der Waals surface area contributed by atoms with Crippen molar-refractivity contribution in [3.63, 3.8) is 0 Å². The van der Waals surface area contributed by atoms with Crippen LogP contribution < -0.4 is 0 Å². The SMILES string of the molecule is C=CC(C(C)[N+](C)(C)C)P(=O)(O)O. The summed E-state index contributed by atoms with van der Waals surface area (Å²) in [6, 6.07) is -0.154. The minimum Gasteiger partial charge on any atom is -0.328 e. The van der Waals surface area contributed by atoms with Crippen LogP contribution in [-0.2, 0) is 4.57 Å². The van der Waals surface area contributed by atoms with Crippen LogP contribution in [0, 0.1) is 0 Å². The standard InChI is InChI=1S/C8H18NO3P/c1-6-8(13(10,11)12)7(2)9(3,4)5/h6-8H,1H2,2-5H3,(H-,10,11,12)/p+1. The molecule has 0 aromatic carbocycles. The topological polar surface area (TPSA) is 57.5 Å². The highest BCUT2D eigenvalue weighted by atomic mass is 31.2. The fraction of sp³-hybridized carbons (Fsp3) is 0.750. The fourth-order valence-electron chi connectivity index (χ4n) is 1.07. The van der Waals surface area contributed by atoms with Crippen LogP contribution in [0.4, 0.5) is 0 Å². The van der Waals surface area contributed by atoms with Gasteiger partial charge in [0.1, 0.15) is 11.7 Å². The number of nitrogens with zero attached hydrogens (tertiary/aromatic N) is 1. The summed E-state index contributed by atoms with van der Waals surface area (Å²) < 4.78 is 11.6. The molecule has 5 heteroatoms. The third kappa shape index (κ3) is 3.61. The third-order valence-corrected chi connectivity index (χ3v) is 3.76. The summed E-state index contributed by atoms with van der Waals surface area (Å²) in [6.07, 6.45) is 1.34. The van der Waals surface area contributed by atoms with Crippen LogP contribution in [-0.4, -0.2) is 47.1 Å². The van der Waals surface area contributed by atoms with E-state index in [-0.39, 0.29) is 6.04 Å². The largest absolute Gasteiger partial charge is 0.338 e. The molecule has 0 spiro atoms. The molecule has 0 radical (unpaired) electrons. The van der Waals surface area contributed by atoms with Crippen molar-refractivity contribution in [2.24, 2.45) is 0 Å². The van der Waals surface area contributed by atoms with Crippen molar-refractivity contribution in [3.05, 3.63) is 12.7 Å². The number of quaternary nitrogens is 1. The Balaban J connectivity index is 4.82. The van der Waals surface area contributed by atoms with Gasteiger partial charge in [-0.25, -0.2) is 0 Å². The Hall–Kier alpha value is -0.150. The van der Waals surface area contributed by atoms with Gasteiger partial charge in [-0.3, -0.25) is 4.57 Å². The molecule has 0 saturated carbocycles. The molecule has 0 rings (SSSR count). The number of hydrogen-bond donors (Lipinski definition) is 2. The van der Waals surface area contributed by atoms with Gasteiger partial charge in [0.25, 0.3) is 0 Å². The van der Waals surface area contributed by atoms with Gasteiger partial charge < -0.3 is 14.3 Å². The molecule has 2 N–H and O–H groups in total. The van der Waals surface area contributed by atoms with Crippen LogP contribution in [0.5, 0.6) is 0 Å². The third-order valence-electron chi connectivity index (χ3n) is 2.35. The minimum atomic E-state index is -4.06. The van der Waals surface area contributed by atoms with Gasteiger partial charge in [0, 0.05) is 0 Å². The van der Waals surface area contributed by atoms with Crippen LogP contribution in [0.15, 0.2) is 12.7 Å². The van der Waals surface area contributed by atoms with Crippen LogP contribution in [0.2, 0.25) is 0 Å². The van der Waals surface area contributed by atoms with E-state index in [4.69, 9.17) is 9.79 Å². The molecule has 13 heavy (non-hydrogen) atoms. The predicted octanol–water partition coefficient (Wildman–Crippen LogP) is 0.813. The summed E-state index contributed by atoms with van der Waals surface area (Å²) in [5, 5.41) is 0. The lowest BCUT2D eigenvalue weighted by atomic mass is 10.2. The van der Waals surface area contributed by atoms with E-state index in [0.717, 1.165) is 0 Å². The van der Waals surface area contributed by atoms with Gasteiger partial charge in [0.15, 0.2) is 0 Å². The molecule has 0 fully saturated rings. The van der Waals surface area contributed by atoms with Gasteiger partial charge in [-0.15, -0.1) is 6.58 Å². The maximum Gasteiger partial charge on any atom is 0.338 e. The van der Waals surface area contributed by atoms with E-state index in [2.05, 4.69) is 6.58 Å². The van der Waals surface area contributed by atoms with E-state index < -0.39 is 13.3 Å². The van der Waals surface area contributed by atoms with Crippen LogP contribution in [0.3, 0.4) is 0 Å². The molecule has 2 unspecified atom stereocenters. The van der Waals surface area contributed by atoms with Gasteiger partial charge in [0.05, 0.1) is 21.1 Å². The van der Waals surface area contributed by atoms with Crippen molar-refractivity contribution in [2.75, 3.05) is 21.1 Å². The van der Waals surface area contributed by atoms with E-state index in [1.807, 2.05) is 28.1 Å². The molecule has 0 heterocycles. The Bertz CT molecular complexity index is 228. The maximum atomic E-state index is 11.1. The van der Waals surface area contributed by atoms with Crippen LogP contribution >= 0.6 is 7.60 Å². The zero-order valence-electron chi connectivity index (χ0n) is 8.64. The smallest absolute Gasteiger partial charge is 0.328 e. The lowest BCUT2D eigenvalue weighted by Gasteiger charge is -2.35. The Morgan fingerprint density at radius 1 is 1.38 bits per heavy atom. The first-order valence-electron chi connectivity index (χ1n) is 4.09. The zero-order chi connectivity index (χ0) is 10.9. The Labute approximate surface area is 79.6 Å². The molecule has 0 bridgehead atoms. The van der Waals surface area contributed by atoms with Gasteiger partial charge in [0.2, 0.25) is 0 Å². The van der Waals surface area contributed by atoms with Crippen molar-refractivity contribution in [1.82, 2.24) is 0 Å². The Kier molecular flexibility index (Phi) is 3.88. The molecule has 0 amide bonds. The van der Waals surface area contributed by atoms with Crippen LogP contribution in [0.1, 0.15) is 6.92 Å². The molecule has 2 atom stereocenters. The molecular formula is C8H19NO3P+. The molecule has 4 nitrogen and oxygen atoms in total. The molecule has 0 aliphatic carbocycles. The molecule has 78 valence electrons. The van der Waals surface area contributed by atoms with E-state index in [0.29, 0.717) is 4.48 Å². The van der Waals surface area contributed by atoms with Crippen molar-refractivity contribution < 1.29 is 18.8 Å². The van der Waals surface area contributed by atoms with E-state index in [9.17, 15) is 4.57 Å². The summed E-state index contributed by atoms with van der Waals surface area (Å²) in [5.74, 6) is 0. The first-order chi connectivity index (χ1) is 5.60. The average molecular weight is 208 g/mol. The van der Waals surface area contributed by atoms with Crippen molar-refractivity contribution >= 4 is 7.60 Å². The van der Waals surface area contributed by atoms with Gasteiger partial charge in [-0.05, 0) is 6.92 Å². The zero-order valence-corrected chi connectivity index (χ0v) is 9.53. The highest BCUT2D eigenvalue weighted by Crippen LogP contribution is 2.44. The highest BCUT2D eigenvalue weighted by molar-refractivity contribution is 7.52. The van der Waals surface area contributed by atoms with Crippen molar-refractivity contribution in [3.8, 4) is 0 Å². The molecule has 0 aliphatic heterocycles. The van der Waals surface area contributed by atoms with E-state index >= 15 is 0 Å². The predicted molar refractivity (Wildman–Crippen MR) is 53.5 cm³/mol. The second-order valence-corrected chi connectivity index (χ2v) is 5.95. The van der Waals surface area contributed by atoms with Gasteiger partial charge in [-0.2, -0.15) is 0 Å². The van der Waals surface area contributed by atoms with Gasteiger partial charge in [-0.1, -0.05) is 6.08 Å². The second kappa shape index (κ2) is 3.93. The lowest BCUT2D eigenvalue weighted by Crippen LogP contribution is -2.49. The van der Waals surface area contributed by atoms with E-state index in [1.165, 1.54) is 6.08 Å². The highest BCUT2D eigenvalue weighted by Gasteiger charge is 2.38. The first-order valence-corrected chi connectivity index (χ1v) is 5.77. The summed E-state index contributed by atoms with van der Waals surface area (Å²) in [5.41, 5.74) is -0.771. The lowest BCUT2D eigenvalue weighted by molar-refractivity contribution is -0.893. The van der Waals surface area contributed by atoms with Crippen molar-refractivity contribution in [1.29, 1.82) is 0 Å². The molecular weight excluding hydrogens is 189 g/mol. The summed E-state index contributed by atoms with van der Waals surface area (Å²) in [4.78, 5) is 18.1. The first kappa shape index (κ1) is 12.8. The fourth-order valence-corrected chi connectivity index (χ4v) is 2.31. The summed E-state index contributed by atoms with van der Waals surface area (Å²) in [7, 11) is 1.64.